The summed E-state index contributed by atoms with van der Waals surface area (Å²) in [5, 5.41) is 0. The summed E-state index contributed by atoms with van der Waals surface area (Å²) in [6.07, 6.45) is 9.02. The number of rotatable bonds is 15. The second kappa shape index (κ2) is 22.0. The minimum Gasteiger partial charge on any atom is -1.00 e. The average molecular weight is 465 g/mol. The van der Waals surface area contributed by atoms with E-state index in [0.29, 0.717) is 13.2 Å². The molecule has 0 heterocycles. The van der Waals surface area contributed by atoms with Crippen molar-refractivity contribution in [1.29, 1.82) is 0 Å². The molecule has 2 N–H and O–H groups in total. The van der Waals surface area contributed by atoms with Crippen LogP contribution < -0.4 is 29.6 Å². The third-order valence-corrected chi connectivity index (χ3v) is 3.91. The van der Waals surface area contributed by atoms with Crippen LogP contribution in [-0.4, -0.2) is 42.7 Å². The van der Waals surface area contributed by atoms with Gasteiger partial charge in [0.2, 0.25) is 0 Å². The molecule has 0 radical (unpaired) electrons. The molecule has 0 atom stereocenters. The molecule has 0 saturated heterocycles. The Morgan fingerprint density at radius 1 is 0.733 bits per heavy atom. The van der Waals surface area contributed by atoms with Gasteiger partial charge < -0.3 is 10.9 Å². The quantitative estimate of drug-likeness (QED) is 0.162. The second-order valence-corrected chi connectivity index (χ2v) is 8.77. The maximum atomic E-state index is 11.5. The summed E-state index contributed by atoms with van der Waals surface area (Å²) < 4.78 is 41.8. The minimum atomic E-state index is -4.67. The molecular formula is C20H41NaO8S. The fraction of sp³-hybridized carbons (Fsp3) is 0.900. The summed E-state index contributed by atoms with van der Waals surface area (Å²) >= 11 is 0. The largest absolute Gasteiger partial charge is 1.00 e. The van der Waals surface area contributed by atoms with E-state index in [1.807, 2.05) is 0 Å². The van der Waals surface area contributed by atoms with Gasteiger partial charge in [-0.2, -0.15) is 8.42 Å². The van der Waals surface area contributed by atoms with Crippen LogP contribution in [0.2, 0.25) is 0 Å². The van der Waals surface area contributed by atoms with Crippen LogP contribution >= 0.6 is 0 Å². The van der Waals surface area contributed by atoms with E-state index >= 15 is 0 Å². The summed E-state index contributed by atoms with van der Waals surface area (Å²) in [6, 6.07) is 0. The zero-order valence-electron chi connectivity index (χ0n) is 20.4. The normalized spacial score (nSPS) is 10.8. The van der Waals surface area contributed by atoms with Gasteiger partial charge in [0.25, 0.3) is 0 Å². The second-order valence-electron chi connectivity index (χ2n) is 7.88. The standard InChI is InChI=1S/C20H38O4.Na.H2O4S.H/c1-17(2)11-7-5-9-15-23-19(21)13-14-20(22)24-16-10-6-8-12-18(3)4;;1-5(2,3)4;/h17-18H,5-16H2,1-4H3;;(H2,1,2,3,4);/q;+1;;-1. The Balaban J connectivity index is -0.000000464. The molecule has 10 heteroatoms. The van der Waals surface area contributed by atoms with Crippen molar-refractivity contribution in [2.24, 2.45) is 11.8 Å². The summed E-state index contributed by atoms with van der Waals surface area (Å²) in [5.41, 5.74) is 0. The molecule has 0 fully saturated rings. The maximum absolute atomic E-state index is 11.5. The number of ether oxygens (including phenoxy) is 2. The minimum absolute atomic E-state index is 0. The molecule has 0 amide bonds. The predicted octanol–water partition coefficient (Wildman–Crippen LogP) is 1.75. The SMILES string of the molecule is CC(C)CCCCCOC(=O)CCC(=O)OCCCCCC(C)C.O=S(=O)(O)O.[H-].[Na+]. The maximum Gasteiger partial charge on any atom is 1.00 e. The zero-order valence-corrected chi connectivity index (χ0v) is 22.2. The molecule has 0 rings (SSSR count). The molecule has 0 aromatic carbocycles. The van der Waals surface area contributed by atoms with Crippen LogP contribution in [0.15, 0.2) is 0 Å². The molecule has 30 heavy (non-hydrogen) atoms. The van der Waals surface area contributed by atoms with E-state index in [1.165, 1.54) is 25.7 Å². The smallest absolute Gasteiger partial charge is 1.00 e. The van der Waals surface area contributed by atoms with Crippen molar-refractivity contribution in [2.45, 2.75) is 91.9 Å². The predicted molar refractivity (Wildman–Crippen MR) is 113 cm³/mol. The van der Waals surface area contributed by atoms with E-state index in [1.54, 1.807) is 0 Å². The third kappa shape index (κ3) is 38.4. The fourth-order valence-corrected chi connectivity index (χ4v) is 2.38. The number of carbonyl (C=O) groups excluding carboxylic acids is 2. The number of hydrogen-bond donors (Lipinski definition) is 2. The van der Waals surface area contributed by atoms with Gasteiger partial charge in [-0.05, 0) is 24.7 Å². The summed E-state index contributed by atoms with van der Waals surface area (Å²) in [5.74, 6) is 0.864. The summed E-state index contributed by atoms with van der Waals surface area (Å²) in [6.45, 7) is 9.77. The first-order chi connectivity index (χ1) is 13.4. The topological polar surface area (TPSA) is 127 Å². The van der Waals surface area contributed by atoms with E-state index in [0.717, 1.165) is 37.5 Å². The first-order valence-electron chi connectivity index (χ1n) is 10.4. The molecule has 0 spiro atoms. The van der Waals surface area contributed by atoms with Crippen molar-refractivity contribution < 1.29 is 67.6 Å². The van der Waals surface area contributed by atoms with E-state index in [9.17, 15) is 9.59 Å². The summed E-state index contributed by atoms with van der Waals surface area (Å²) in [4.78, 5) is 23.1. The Hall–Kier alpha value is -0.190. The average Bonchev–Trinajstić information content (AvgIpc) is 2.57. The Morgan fingerprint density at radius 2 is 1.03 bits per heavy atom. The van der Waals surface area contributed by atoms with Gasteiger partial charge in [-0.15, -0.1) is 0 Å². The summed E-state index contributed by atoms with van der Waals surface area (Å²) in [7, 11) is -4.67. The van der Waals surface area contributed by atoms with Gasteiger partial charge in [0, 0.05) is 0 Å². The van der Waals surface area contributed by atoms with Gasteiger partial charge in [0.1, 0.15) is 0 Å². The molecule has 0 saturated carbocycles. The number of esters is 2. The van der Waals surface area contributed by atoms with Crippen molar-refractivity contribution in [1.82, 2.24) is 0 Å². The number of unbranched alkanes of at least 4 members (excludes halogenated alkanes) is 4. The number of hydrogen-bond acceptors (Lipinski definition) is 6. The van der Waals surface area contributed by atoms with Crippen LogP contribution in [0.5, 0.6) is 0 Å². The van der Waals surface area contributed by atoms with Crippen LogP contribution in [-0.2, 0) is 29.5 Å². The molecular weight excluding hydrogens is 423 g/mol. The molecule has 8 nitrogen and oxygen atoms in total. The van der Waals surface area contributed by atoms with Crippen LogP contribution in [0, 0.1) is 11.8 Å². The van der Waals surface area contributed by atoms with Crippen LogP contribution in [0.1, 0.15) is 93.3 Å². The van der Waals surface area contributed by atoms with Gasteiger partial charge in [0.15, 0.2) is 0 Å². The Morgan fingerprint density at radius 3 is 1.30 bits per heavy atom. The van der Waals surface area contributed by atoms with Crippen LogP contribution in [0.25, 0.3) is 0 Å². The molecule has 0 aromatic rings. The first kappa shape index (κ1) is 34.4. The Kier molecular flexibility index (Phi) is 25.3. The molecule has 0 aromatic heterocycles. The van der Waals surface area contributed by atoms with E-state index < -0.39 is 10.4 Å². The van der Waals surface area contributed by atoms with E-state index in [2.05, 4.69) is 27.7 Å². The Bertz CT molecular complexity index is 487. The van der Waals surface area contributed by atoms with Crippen molar-refractivity contribution in [2.75, 3.05) is 13.2 Å². The van der Waals surface area contributed by atoms with E-state index in [4.69, 9.17) is 27.0 Å². The van der Waals surface area contributed by atoms with Gasteiger partial charge in [-0.25, -0.2) is 0 Å². The van der Waals surface area contributed by atoms with Crippen molar-refractivity contribution in [3.05, 3.63) is 0 Å². The monoisotopic (exact) mass is 464 g/mol. The van der Waals surface area contributed by atoms with Gasteiger partial charge in [-0.3, -0.25) is 18.7 Å². The first-order valence-corrected chi connectivity index (χ1v) is 11.8. The van der Waals surface area contributed by atoms with Crippen molar-refractivity contribution >= 4 is 22.3 Å². The van der Waals surface area contributed by atoms with Gasteiger partial charge in [-0.1, -0.05) is 66.2 Å². The Labute approximate surface area is 206 Å². The molecule has 176 valence electrons. The van der Waals surface area contributed by atoms with E-state index in [-0.39, 0.29) is 55.8 Å². The van der Waals surface area contributed by atoms with Crippen molar-refractivity contribution in [3.8, 4) is 0 Å². The third-order valence-electron chi connectivity index (χ3n) is 3.91. The van der Waals surface area contributed by atoms with Crippen LogP contribution in [0.4, 0.5) is 0 Å². The van der Waals surface area contributed by atoms with Gasteiger partial charge >= 0.3 is 51.9 Å². The van der Waals surface area contributed by atoms with Crippen molar-refractivity contribution in [3.63, 3.8) is 0 Å². The molecule has 0 aliphatic carbocycles. The molecule has 0 bridgehead atoms. The fourth-order valence-electron chi connectivity index (χ4n) is 2.38. The zero-order chi connectivity index (χ0) is 22.7. The van der Waals surface area contributed by atoms with Crippen LogP contribution in [0.3, 0.4) is 0 Å². The van der Waals surface area contributed by atoms with Gasteiger partial charge in [0.05, 0.1) is 26.1 Å². The molecule has 0 aliphatic heterocycles. The number of carbonyl (C=O) groups is 2. The molecule has 0 unspecified atom stereocenters. The molecule has 0 aliphatic rings.